The van der Waals surface area contributed by atoms with Crippen molar-refractivity contribution in [1.29, 1.82) is 0 Å². The first-order valence-electron chi connectivity index (χ1n) is 4.96. The Bertz CT molecular complexity index is 336. The van der Waals surface area contributed by atoms with Gasteiger partial charge in [-0.1, -0.05) is 15.9 Å². The predicted molar refractivity (Wildman–Crippen MR) is 63.7 cm³/mol. The van der Waals surface area contributed by atoms with Crippen molar-refractivity contribution in [2.45, 2.75) is 19.4 Å². The second-order valence-electron chi connectivity index (χ2n) is 3.95. The summed E-state index contributed by atoms with van der Waals surface area (Å²) >= 11 is 3.49. The third kappa shape index (κ3) is 1.93. The number of benzene rings is 1. The molecular formula is C11H15BrN2. The molecule has 1 aliphatic rings. The van der Waals surface area contributed by atoms with Crippen LogP contribution >= 0.6 is 15.9 Å². The second-order valence-corrected chi connectivity index (χ2v) is 4.86. The van der Waals surface area contributed by atoms with Crippen LogP contribution in [0.3, 0.4) is 0 Å². The summed E-state index contributed by atoms with van der Waals surface area (Å²) in [5.74, 6) is 0. The summed E-state index contributed by atoms with van der Waals surface area (Å²) in [6.45, 7) is 4.11. The van der Waals surface area contributed by atoms with E-state index in [0.29, 0.717) is 0 Å². The van der Waals surface area contributed by atoms with Crippen LogP contribution in [-0.4, -0.2) is 19.1 Å². The Balaban J connectivity index is 2.22. The van der Waals surface area contributed by atoms with E-state index >= 15 is 0 Å². The van der Waals surface area contributed by atoms with Gasteiger partial charge in [0.1, 0.15) is 0 Å². The van der Waals surface area contributed by atoms with Gasteiger partial charge >= 0.3 is 0 Å². The number of nitrogens with two attached hydrogens (primary N) is 1. The van der Waals surface area contributed by atoms with Gasteiger partial charge < -0.3 is 10.6 Å². The van der Waals surface area contributed by atoms with Crippen molar-refractivity contribution in [3.63, 3.8) is 0 Å². The molecule has 0 fully saturated rings. The molecule has 0 aromatic heterocycles. The van der Waals surface area contributed by atoms with E-state index < -0.39 is 0 Å². The summed E-state index contributed by atoms with van der Waals surface area (Å²) in [4.78, 5) is 2.37. The summed E-state index contributed by atoms with van der Waals surface area (Å²) in [5, 5.41) is 0. The van der Waals surface area contributed by atoms with Gasteiger partial charge in [0.2, 0.25) is 0 Å². The maximum atomic E-state index is 5.81. The first-order valence-corrected chi connectivity index (χ1v) is 5.75. The van der Waals surface area contributed by atoms with Crippen LogP contribution < -0.4 is 10.6 Å². The fraction of sp³-hybridized carbons (Fsp3) is 0.455. The number of halogens is 1. The van der Waals surface area contributed by atoms with E-state index in [1.165, 1.54) is 15.7 Å². The van der Waals surface area contributed by atoms with Crippen molar-refractivity contribution in [1.82, 2.24) is 0 Å². The zero-order valence-corrected chi connectivity index (χ0v) is 9.92. The van der Waals surface area contributed by atoms with Crippen LogP contribution in [0.1, 0.15) is 12.5 Å². The van der Waals surface area contributed by atoms with Crippen molar-refractivity contribution >= 4 is 21.6 Å². The lowest BCUT2D eigenvalue weighted by Gasteiger charge is -2.21. The average Bonchev–Trinajstić information content (AvgIpc) is 2.47. The zero-order valence-electron chi connectivity index (χ0n) is 8.33. The highest BCUT2D eigenvalue weighted by atomic mass is 79.9. The zero-order chi connectivity index (χ0) is 10.1. The lowest BCUT2D eigenvalue weighted by atomic mass is 10.2. The number of hydrogen-bond acceptors (Lipinski definition) is 2. The molecule has 1 aromatic carbocycles. The van der Waals surface area contributed by atoms with Gasteiger partial charge in [0, 0.05) is 29.3 Å². The highest BCUT2D eigenvalue weighted by Gasteiger charge is 2.19. The molecule has 0 saturated carbocycles. The molecule has 1 aliphatic heterocycles. The number of anilines is 1. The molecule has 0 aliphatic carbocycles. The Kier molecular flexibility index (Phi) is 2.79. The summed E-state index contributed by atoms with van der Waals surface area (Å²) in [6, 6.07) is 6.72. The van der Waals surface area contributed by atoms with Crippen LogP contribution in [0.25, 0.3) is 0 Å². The van der Waals surface area contributed by atoms with Crippen molar-refractivity contribution in [3.05, 3.63) is 28.2 Å². The number of rotatable bonds is 2. The SMILES string of the molecule is C[C@H](N)CN1CCc2cc(Br)ccc21. The fourth-order valence-electron chi connectivity index (χ4n) is 1.98. The van der Waals surface area contributed by atoms with Crippen LogP contribution in [0.2, 0.25) is 0 Å². The van der Waals surface area contributed by atoms with E-state index in [2.05, 4.69) is 46.0 Å². The van der Waals surface area contributed by atoms with E-state index in [0.717, 1.165) is 19.5 Å². The molecule has 0 spiro atoms. The third-order valence-corrected chi connectivity index (χ3v) is 3.03. The highest BCUT2D eigenvalue weighted by molar-refractivity contribution is 9.10. The molecule has 2 rings (SSSR count). The van der Waals surface area contributed by atoms with Gasteiger partial charge in [-0.15, -0.1) is 0 Å². The van der Waals surface area contributed by atoms with E-state index in [1.807, 2.05) is 0 Å². The van der Waals surface area contributed by atoms with E-state index in [-0.39, 0.29) is 6.04 Å². The molecule has 76 valence electrons. The Hall–Kier alpha value is -0.540. The standard InChI is InChI=1S/C11H15BrN2/c1-8(13)7-14-5-4-9-6-10(12)2-3-11(9)14/h2-3,6,8H,4-5,7,13H2,1H3/t8-/m0/s1. The molecule has 2 N–H and O–H groups in total. The Labute approximate surface area is 93.2 Å². The first kappa shape index (κ1) is 9.99. The minimum absolute atomic E-state index is 0.240. The molecule has 0 saturated heterocycles. The largest absolute Gasteiger partial charge is 0.369 e. The van der Waals surface area contributed by atoms with Crippen LogP contribution in [0.15, 0.2) is 22.7 Å². The minimum atomic E-state index is 0.240. The molecule has 1 aromatic rings. The smallest absolute Gasteiger partial charge is 0.0400 e. The van der Waals surface area contributed by atoms with Gasteiger partial charge in [-0.05, 0) is 37.1 Å². The predicted octanol–water partition coefficient (Wildman–Crippen LogP) is 2.16. The number of nitrogens with zero attached hydrogens (tertiary/aromatic N) is 1. The molecule has 3 heteroatoms. The van der Waals surface area contributed by atoms with Gasteiger partial charge in [-0.3, -0.25) is 0 Å². The second kappa shape index (κ2) is 3.91. The van der Waals surface area contributed by atoms with Gasteiger partial charge in [0.25, 0.3) is 0 Å². The van der Waals surface area contributed by atoms with Crippen LogP contribution in [0, 0.1) is 0 Å². The van der Waals surface area contributed by atoms with Crippen LogP contribution in [0.4, 0.5) is 5.69 Å². The van der Waals surface area contributed by atoms with E-state index in [4.69, 9.17) is 5.73 Å². The maximum Gasteiger partial charge on any atom is 0.0400 e. The van der Waals surface area contributed by atoms with E-state index in [9.17, 15) is 0 Å². The normalized spacial score (nSPS) is 16.9. The topological polar surface area (TPSA) is 29.3 Å². The maximum absolute atomic E-state index is 5.81. The Morgan fingerprint density at radius 3 is 3.07 bits per heavy atom. The molecular weight excluding hydrogens is 240 g/mol. The van der Waals surface area contributed by atoms with Crippen molar-refractivity contribution in [2.24, 2.45) is 5.73 Å². The molecule has 2 nitrogen and oxygen atoms in total. The third-order valence-electron chi connectivity index (χ3n) is 2.54. The van der Waals surface area contributed by atoms with Gasteiger partial charge in [-0.25, -0.2) is 0 Å². The summed E-state index contributed by atoms with van der Waals surface area (Å²) in [7, 11) is 0. The Morgan fingerprint density at radius 1 is 1.57 bits per heavy atom. The van der Waals surface area contributed by atoms with Gasteiger partial charge in [-0.2, -0.15) is 0 Å². The van der Waals surface area contributed by atoms with Crippen molar-refractivity contribution in [2.75, 3.05) is 18.0 Å². The number of fused-ring (bicyclic) bond motifs is 1. The monoisotopic (exact) mass is 254 g/mol. The quantitative estimate of drug-likeness (QED) is 0.877. The Morgan fingerprint density at radius 2 is 2.36 bits per heavy atom. The molecule has 0 unspecified atom stereocenters. The molecule has 0 amide bonds. The number of hydrogen-bond donors (Lipinski definition) is 1. The lowest BCUT2D eigenvalue weighted by molar-refractivity contribution is 0.693. The van der Waals surface area contributed by atoms with Gasteiger partial charge in [0.05, 0.1) is 0 Å². The molecule has 0 radical (unpaired) electrons. The van der Waals surface area contributed by atoms with Crippen molar-refractivity contribution in [3.8, 4) is 0 Å². The summed E-state index contributed by atoms with van der Waals surface area (Å²) < 4.78 is 1.17. The van der Waals surface area contributed by atoms with E-state index in [1.54, 1.807) is 0 Å². The van der Waals surface area contributed by atoms with Gasteiger partial charge in [0.15, 0.2) is 0 Å². The lowest BCUT2D eigenvalue weighted by Crippen LogP contribution is -2.34. The molecule has 1 atom stereocenters. The minimum Gasteiger partial charge on any atom is -0.369 e. The summed E-state index contributed by atoms with van der Waals surface area (Å²) in [6.07, 6.45) is 1.14. The molecule has 0 bridgehead atoms. The van der Waals surface area contributed by atoms with Crippen molar-refractivity contribution < 1.29 is 0 Å². The fourth-order valence-corrected chi connectivity index (χ4v) is 2.38. The average molecular weight is 255 g/mol. The summed E-state index contributed by atoms with van der Waals surface area (Å²) in [5.41, 5.74) is 8.59. The molecule has 14 heavy (non-hydrogen) atoms. The van der Waals surface area contributed by atoms with Crippen LogP contribution in [0.5, 0.6) is 0 Å². The highest BCUT2D eigenvalue weighted by Crippen LogP contribution is 2.30. The first-order chi connectivity index (χ1) is 6.66. The molecule has 1 heterocycles. The van der Waals surface area contributed by atoms with Crippen LogP contribution in [-0.2, 0) is 6.42 Å².